The Morgan fingerprint density at radius 3 is 2.42 bits per heavy atom. The van der Waals surface area contributed by atoms with Gasteiger partial charge >= 0.3 is 0 Å². The van der Waals surface area contributed by atoms with Gasteiger partial charge in [-0.2, -0.15) is 0 Å². The molecule has 0 saturated carbocycles. The van der Waals surface area contributed by atoms with Crippen molar-refractivity contribution in [1.29, 1.82) is 0 Å². The monoisotopic (exact) mass is 452 g/mol. The highest BCUT2D eigenvalue weighted by atomic mass is 16.5. The van der Waals surface area contributed by atoms with Crippen molar-refractivity contribution in [2.75, 3.05) is 30.3 Å². The molecule has 4 N–H and O–H groups in total. The molecular formula is C25H32N4O4. The van der Waals surface area contributed by atoms with E-state index in [1.165, 1.54) is 0 Å². The average molecular weight is 453 g/mol. The number of benzene rings is 2. The smallest absolute Gasteiger partial charge is 0.251 e. The maximum Gasteiger partial charge on any atom is 0.251 e. The zero-order valence-corrected chi connectivity index (χ0v) is 19.1. The number of hydrogen-bond donors (Lipinski definition) is 4. The summed E-state index contributed by atoms with van der Waals surface area (Å²) < 4.78 is 5.52. The molecule has 8 nitrogen and oxygen atoms in total. The molecule has 0 aliphatic carbocycles. The Morgan fingerprint density at radius 1 is 1.03 bits per heavy atom. The van der Waals surface area contributed by atoms with Crippen LogP contribution in [-0.4, -0.2) is 49.6 Å². The van der Waals surface area contributed by atoms with E-state index in [0.29, 0.717) is 29.0 Å². The first-order chi connectivity index (χ1) is 15.9. The van der Waals surface area contributed by atoms with Gasteiger partial charge in [0.1, 0.15) is 0 Å². The molecule has 2 atom stereocenters. The molecule has 1 saturated heterocycles. The molecule has 8 heteroatoms. The minimum Gasteiger partial charge on any atom is -0.376 e. The largest absolute Gasteiger partial charge is 0.376 e. The van der Waals surface area contributed by atoms with Crippen LogP contribution in [0.25, 0.3) is 0 Å². The van der Waals surface area contributed by atoms with Crippen LogP contribution in [0.15, 0.2) is 48.5 Å². The van der Waals surface area contributed by atoms with Crippen LogP contribution in [0.1, 0.15) is 53.8 Å². The summed E-state index contributed by atoms with van der Waals surface area (Å²) in [4.78, 5) is 37.1. The molecule has 1 heterocycles. The predicted octanol–water partition coefficient (Wildman–Crippen LogP) is 3.17. The van der Waals surface area contributed by atoms with Gasteiger partial charge in [-0.3, -0.25) is 14.4 Å². The van der Waals surface area contributed by atoms with E-state index >= 15 is 0 Å². The van der Waals surface area contributed by atoms with Gasteiger partial charge in [0.25, 0.3) is 11.8 Å². The molecule has 1 fully saturated rings. The molecule has 2 unspecified atom stereocenters. The van der Waals surface area contributed by atoms with E-state index in [4.69, 9.17) is 4.74 Å². The molecule has 2 aromatic carbocycles. The van der Waals surface area contributed by atoms with Crippen molar-refractivity contribution in [1.82, 2.24) is 10.6 Å². The first-order valence-electron chi connectivity index (χ1n) is 11.4. The van der Waals surface area contributed by atoms with Crippen molar-refractivity contribution < 1.29 is 19.1 Å². The summed E-state index contributed by atoms with van der Waals surface area (Å²) in [5.41, 5.74) is 2.21. The van der Waals surface area contributed by atoms with E-state index in [9.17, 15) is 14.4 Å². The standard InChI is InChI=1S/C25H32N4O4/c1-3-17(2)28-25(32)19-8-4-9-20(13-19)26-16-23(30)29-21-10-5-7-18(14-21)24(31)27-15-22-11-6-12-33-22/h4-5,7-10,13-14,17,22,26H,3,6,11-12,15-16H2,1-2H3,(H,27,31)(H,28,32)(H,29,30). The van der Waals surface area contributed by atoms with Gasteiger partial charge in [-0.15, -0.1) is 0 Å². The number of nitrogens with one attached hydrogen (secondary N) is 4. The van der Waals surface area contributed by atoms with Crippen LogP contribution in [-0.2, 0) is 9.53 Å². The molecule has 1 aliphatic heterocycles. The fourth-order valence-electron chi connectivity index (χ4n) is 3.42. The summed E-state index contributed by atoms with van der Waals surface area (Å²) in [5, 5.41) is 11.6. The summed E-state index contributed by atoms with van der Waals surface area (Å²) in [6.45, 7) is 5.20. The number of anilines is 2. The zero-order valence-electron chi connectivity index (χ0n) is 19.1. The van der Waals surface area contributed by atoms with Gasteiger partial charge in [0.05, 0.1) is 12.6 Å². The van der Waals surface area contributed by atoms with Crippen LogP contribution in [0.3, 0.4) is 0 Å². The molecule has 0 radical (unpaired) electrons. The second-order valence-corrected chi connectivity index (χ2v) is 8.19. The van der Waals surface area contributed by atoms with Gasteiger partial charge in [-0.05, 0) is 62.6 Å². The molecule has 1 aliphatic rings. The van der Waals surface area contributed by atoms with Gasteiger partial charge in [0.15, 0.2) is 0 Å². The Hall–Kier alpha value is -3.39. The SMILES string of the molecule is CCC(C)NC(=O)c1cccc(NCC(=O)Nc2cccc(C(=O)NCC3CCCO3)c2)c1. The van der Waals surface area contributed by atoms with Gasteiger partial charge in [0.2, 0.25) is 5.91 Å². The van der Waals surface area contributed by atoms with E-state index in [-0.39, 0.29) is 36.4 Å². The van der Waals surface area contributed by atoms with Crippen molar-refractivity contribution in [2.24, 2.45) is 0 Å². The summed E-state index contributed by atoms with van der Waals surface area (Å²) in [6.07, 6.45) is 2.89. The lowest BCUT2D eigenvalue weighted by atomic mass is 10.1. The van der Waals surface area contributed by atoms with E-state index in [1.807, 2.05) is 13.8 Å². The minimum atomic E-state index is -0.263. The number of rotatable bonds is 10. The normalized spacial score (nSPS) is 16.0. The molecule has 3 amide bonds. The Balaban J connectivity index is 1.49. The second-order valence-electron chi connectivity index (χ2n) is 8.19. The molecule has 0 aromatic heterocycles. The Labute approximate surface area is 194 Å². The van der Waals surface area contributed by atoms with Crippen molar-refractivity contribution in [3.8, 4) is 0 Å². The van der Waals surface area contributed by atoms with Crippen LogP contribution in [0.5, 0.6) is 0 Å². The van der Waals surface area contributed by atoms with E-state index in [0.717, 1.165) is 25.9 Å². The lowest BCUT2D eigenvalue weighted by molar-refractivity contribution is -0.114. The third-order valence-electron chi connectivity index (χ3n) is 5.49. The van der Waals surface area contributed by atoms with Crippen LogP contribution < -0.4 is 21.3 Å². The first kappa shape index (κ1) is 24.3. The third kappa shape index (κ3) is 7.61. The number of carbonyl (C=O) groups excluding carboxylic acids is 3. The maximum atomic E-state index is 12.4. The van der Waals surface area contributed by atoms with Gasteiger partial charge in [-0.25, -0.2) is 0 Å². The topological polar surface area (TPSA) is 109 Å². The highest BCUT2D eigenvalue weighted by Gasteiger charge is 2.17. The molecule has 0 spiro atoms. The second kappa shape index (κ2) is 12.0. The molecule has 0 bridgehead atoms. The third-order valence-corrected chi connectivity index (χ3v) is 5.49. The fraction of sp³-hybridized carbons (Fsp3) is 0.400. The number of amides is 3. The van der Waals surface area contributed by atoms with Gasteiger partial charge in [0, 0.05) is 41.7 Å². The van der Waals surface area contributed by atoms with Crippen molar-refractivity contribution in [3.63, 3.8) is 0 Å². The Bertz CT molecular complexity index is 972. The van der Waals surface area contributed by atoms with Crippen LogP contribution in [0.2, 0.25) is 0 Å². The van der Waals surface area contributed by atoms with Crippen LogP contribution >= 0.6 is 0 Å². The van der Waals surface area contributed by atoms with Crippen LogP contribution in [0, 0.1) is 0 Å². The molecular weight excluding hydrogens is 420 g/mol. The van der Waals surface area contributed by atoms with Crippen molar-refractivity contribution in [3.05, 3.63) is 59.7 Å². The van der Waals surface area contributed by atoms with E-state index < -0.39 is 0 Å². The highest BCUT2D eigenvalue weighted by molar-refractivity contribution is 5.98. The molecule has 2 aromatic rings. The predicted molar refractivity (Wildman–Crippen MR) is 129 cm³/mol. The number of hydrogen-bond acceptors (Lipinski definition) is 5. The summed E-state index contributed by atoms with van der Waals surface area (Å²) in [6, 6.07) is 13.9. The first-order valence-corrected chi connectivity index (χ1v) is 11.4. The van der Waals surface area contributed by atoms with Gasteiger partial charge < -0.3 is 26.0 Å². The summed E-state index contributed by atoms with van der Waals surface area (Å²) in [7, 11) is 0. The Morgan fingerprint density at radius 2 is 1.73 bits per heavy atom. The van der Waals surface area contributed by atoms with E-state index in [1.54, 1.807) is 48.5 Å². The fourth-order valence-corrected chi connectivity index (χ4v) is 3.42. The lowest BCUT2D eigenvalue weighted by Gasteiger charge is -2.13. The minimum absolute atomic E-state index is 0.0197. The van der Waals surface area contributed by atoms with Crippen LogP contribution in [0.4, 0.5) is 11.4 Å². The summed E-state index contributed by atoms with van der Waals surface area (Å²) >= 11 is 0. The number of ether oxygens (including phenoxy) is 1. The molecule has 176 valence electrons. The zero-order chi connectivity index (χ0) is 23.6. The van der Waals surface area contributed by atoms with Crippen molar-refractivity contribution >= 4 is 29.1 Å². The van der Waals surface area contributed by atoms with Gasteiger partial charge in [-0.1, -0.05) is 19.1 Å². The summed E-state index contributed by atoms with van der Waals surface area (Å²) in [5.74, 6) is -0.611. The molecule has 33 heavy (non-hydrogen) atoms. The molecule has 3 rings (SSSR count). The highest BCUT2D eigenvalue weighted by Crippen LogP contribution is 2.14. The van der Waals surface area contributed by atoms with E-state index in [2.05, 4.69) is 21.3 Å². The lowest BCUT2D eigenvalue weighted by Crippen LogP contribution is -2.32. The average Bonchev–Trinajstić information content (AvgIpc) is 3.35. The van der Waals surface area contributed by atoms with Crippen molar-refractivity contribution in [2.45, 2.75) is 45.3 Å². The Kier molecular flexibility index (Phi) is 8.83. The maximum absolute atomic E-state index is 12.4. The number of carbonyl (C=O) groups is 3. The quantitative estimate of drug-likeness (QED) is 0.443.